The molecule has 2 aromatic rings. The van der Waals surface area contributed by atoms with E-state index in [4.69, 9.17) is 5.11 Å². The monoisotopic (exact) mass is 190 g/mol. The summed E-state index contributed by atoms with van der Waals surface area (Å²) in [5, 5.41) is 8.75. The molecule has 72 valence electrons. The number of carbonyl (C=O) groups excluding carboxylic acids is 1. The molecule has 4 nitrogen and oxygen atoms in total. The molecule has 0 aliphatic carbocycles. The van der Waals surface area contributed by atoms with Gasteiger partial charge in [-0.1, -0.05) is 0 Å². The third kappa shape index (κ3) is 1.40. The average Bonchev–Trinajstić information content (AvgIpc) is 2.60. The van der Waals surface area contributed by atoms with E-state index in [1.54, 1.807) is 16.5 Å². The van der Waals surface area contributed by atoms with E-state index >= 15 is 0 Å². The van der Waals surface area contributed by atoms with Gasteiger partial charge in [-0.05, 0) is 12.1 Å². The number of nitrogens with zero attached hydrogens (tertiary/aromatic N) is 2. The fourth-order valence-corrected chi connectivity index (χ4v) is 1.41. The van der Waals surface area contributed by atoms with Crippen LogP contribution >= 0.6 is 0 Å². The Morgan fingerprint density at radius 3 is 3.14 bits per heavy atom. The molecule has 0 aromatic carbocycles. The number of aldehydes is 1. The van der Waals surface area contributed by atoms with Gasteiger partial charge in [0.1, 0.15) is 5.65 Å². The minimum absolute atomic E-state index is 0.0697. The maximum absolute atomic E-state index is 10.7. The van der Waals surface area contributed by atoms with Gasteiger partial charge in [-0.3, -0.25) is 4.79 Å². The number of pyridine rings is 1. The molecular weight excluding hydrogens is 180 g/mol. The first-order chi connectivity index (χ1) is 6.85. The Bertz CT molecular complexity index is 462. The number of hydrogen-bond acceptors (Lipinski definition) is 3. The maximum Gasteiger partial charge on any atom is 0.153 e. The lowest BCUT2D eigenvalue weighted by Crippen LogP contribution is -1.90. The highest BCUT2D eigenvalue weighted by Crippen LogP contribution is 2.09. The summed E-state index contributed by atoms with van der Waals surface area (Å²) in [4.78, 5) is 14.9. The average molecular weight is 190 g/mol. The Labute approximate surface area is 80.8 Å². The lowest BCUT2D eigenvalue weighted by atomic mass is 10.3. The van der Waals surface area contributed by atoms with Gasteiger partial charge in [0.15, 0.2) is 6.29 Å². The molecule has 4 heteroatoms. The topological polar surface area (TPSA) is 54.6 Å². The van der Waals surface area contributed by atoms with Gasteiger partial charge >= 0.3 is 0 Å². The number of hydrogen-bond donors (Lipinski definition) is 1. The van der Waals surface area contributed by atoms with Crippen molar-refractivity contribution in [1.29, 1.82) is 0 Å². The van der Waals surface area contributed by atoms with Crippen LogP contribution in [0.3, 0.4) is 0 Å². The summed E-state index contributed by atoms with van der Waals surface area (Å²) in [6.45, 7) is 0.0697. The standard InChI is InChI=1S/C10H10N2O2/c13-5-3-9-6-12-4-1-2-8(7-14)10(12)11-9/h1-2,4,6-7,13H,3,5H2. The minimum Gasteiger partial charge on any atom is -0.396 e. The third-order valence-electron chi connectivity index (χ3n) is 2.06. The SMILES string of the molecule is O=Cc1cccn2cc(CCO)nc12. The molecule has 0 spiro atoms. The Kier molecular flexibility index (Phi) is 2.28. The number of imidazole rings is 1. The predicted octanol–water partition coefficient (Wildman–Crippen LogP) is 0.682. The number of fused-ring (bicyclic) bond motifs is 1. The molecule has 2 heterocycles. The molecule has 1 N–H and O–H groups in total. The van der Waals surface area contributed by atoms with Crippen LogP contribution in [0.4, 0.5) is 0 Å². The van der Waals surface area contributed by atoms with E-state index in [1.165, 1.54) is 0 Å². The Hall–Kier alpha value is -1.68. The number of aliphatic hydroxyl groups excluding tert-OH is 1. The summed E-state index contributed by atoms with van der Waals surface area (Å²) in [7, 11) is 0. The Morgan fingerprint density at radius 2 is 2.43 bits per heavy atom. The highest BCUT2D eigenvalue weighted by atomic mass is 16.3. The zero-order valence-corrected chi connectivity index (χ0v) is 7.55. The summed E-state index contributed by atoms with van der Waals surface area (Å²) in [5.74, 6) is 0. The van der Waals surface area contributed by atoms with Crippen molar-refractivity contribution in [2.45, 2.75) is 6.42 Å². The second-order valence-corrected chi connectivity index (χ2v) is 3.02. The van der Waals surface area contributed by atoms with Crippen LogP contribution in [-0.2, 0) is 6.42 Å². The molecule has 0 unspecified atom stereocenters. The Balaban J connectivity index is 2.58. The van der Waals surface area contributed by atoms with Crippen LogP contribution in [-0.4, -0.2) is 27.4 Å². The van der Waals surface area contributed by atoms with E-state index in [0.29, 0.717) is 17.6 Å². The normalized spacial score (nSPS) is 10.6. The summed E-state index contributed by atoms with van der Waals surface area (Å²) in [6.07, 6.45) is 4.94. The lowest BCUT2D eigenvalue weighted by molar-refractivity contribution is 0.112. The van der Waals surface area contributed by atoms with E-state index in [-0.39, 0.29) is 6.61 Å². The van der Waals surface area contributed by atoms with Crippen LogP contribution in [0.5, 0.6) is 0 Å². The van der Waals surface area contributed by atoms with Gasteiger partial charge in [0.05, 0.1) is 11.3 Å². The highest BCUT2D eigenvalue weighted by Gasteiger charge is 2.04. The molecule has 2 rings (SSSR count). The maximum atomic E-state index is 10.7. The number of carbonyl (C=O) groups is 1. The fraction of sp³-hybridized carbons (Fsp3) is 0.200. The van der Waals surface area contributed by atoms with Crippen molar-refractivity contribution in [3.05, 3.63) is 35.8 Å². The van der Waals surface area contributed by atoms with Crippen molar-refractivity contribution in [3.63, 3.8) is 0 Å². The molecule has 0 atom stereocenters. The zero-order valence-electron chi connectivity index (χ0n) is 7.55. The van der Waals surface area contributed by atoms with Crippen molar-refractivity contribution in [2.24, 2.45) is 0 Å². The number of aromatic nitrogens is 2. The molecule has 0 saturated carbocycles. The third-order valence-corrected chi connectivity index (χ3v) is 2.06. The van der Waals surface area contributed by atoms with Gasteiger partial charge in [0.25, 0.3) is 0 Å². The van der Waals surface area contributed by atoms with Gasteiger partial charge in [0, 0.05) is 25.4 Å². The van der Waals surface area contributed by atoms with Gasteiger partial charge in [-0.15, -0.1) is 0 Å². The summed E-state index contributed by atoms with van der Waals surface area (Å²) >= 11 is 0. The summed E-state index contributed by atoms with van der Waals surface area (Å²) in [5.41, 5.74) is 2.00. The van der Waals surface area contributed by atoms with Crippen LogP contribution < -0.4 is 0 Å². The van der Waals surface area contributed by atoms with E-state index in [2.05, 4.69) is 4.98 Å². The van der Waals surface area contributed by atoms with Crippen LogP contribution in [0.15, 0.2) is 24.5 Å². The molecule has 0 aliphatic heterocycles. The smallest absolute Gasteiger partial charge is 0.153 e. The highest BCUT2D eigenvalue weighted by molar-refractivity contribution is 5.83. The first-order valence-corrected chi connectivity index (χ1v) is 4.38. The predicted molar refractivity (Wildman–Crippen MR) is 51.4 cm³/mol. The fourth-order valence-electron chi connectivity index (χ4n) is 1.41. The number of rotatable bonds is 3. The van der Waals surface area contributed by atoms with E-state index < -0.39 is 0 Å². The van der Waals surface area contributed by atoms with Gasteiger partial charge in [-0.25, -0.2) is 4.98 Å². The van der Waals surface area contributed by atoms with Crippen LogP contribution in [0.2, 0.25) is 0 Å². The molecule has 0 fully saturated rings. The van der Waals surface area contributed by atoms with Crippen molar-refractivity contribution in [1.82, 2.24) is 9.38 Å². The molecule has 2 aromatic heterocycles. The molecule has 0 bridgehead atoms. The summed E-state index contributed by atoms with van der Waals surface area (Å²) in [6, 6.07) is 3.51. The molecule has 0 amide bonds. The van der Waals surface area contributed by atoms with E-state index in [9.17, 15) is 4.79 Å². The van der Waals surface area contributed by atoms with Crippen molar-refractivity contribution in [3.8, 4) is 0 Å². The quantitative estimate of drug-likeness (QED) is 0.724. The number of aliphatic hydroxyl groups is 1. The molecule has 0 radical (unpaired) electrons. The second-order valence-electron chi connectivity index (χ2n) is 3.02. The largest absolute Gasteiger partial charge is 0.396 e. The first kappa shape index (κ1) is 8.90. The van der Waals surface area contributed by atoms with Gasteiger partial charge < -0.3 is 9.51 Å². The van der Waals surface area contributed by atoms with E-state index in [1.807, 2.05) is 12.4 Å². The van der Waals surface area contributed by atoms with Crippen molar-refractivity contribution < 1.29 is 9.90 Å². The molecule has 0 saturated heterocycles. The van der Waals surface area contributed by atoms with Crippen molar-refractivity contribution >= 4 is 11.9 Å². The van der Waals surface area contributed by atoms with Crippen molar-refractivity contribution in [2.75, 3.05) is 6.61 Å². The van der Waals surface area contributed by atoms with Gasteiger partial charge in [-0.2, -0.15) is 0 Å². The molecule has 14 heavy (non-hydrogen) atoms. The van der Waals surface area contributed by atoms with Crippen LogP contribution in [0.25, 0.3) is 5.65 Å². The first-order valence-electron chi connectivity index (χ1n) is 4.38. The zero-order chi connectivity index (χ0) is 9.97. The van der Waals surface area contributed by atoms with Gasteiger partial charge in [0.2, 0.25) is 0 Å². The molecule has 0 aliphatic rings. The molecular formula is C10H10N2O2. The minimum atomic E-state index is 0.0697. The van der Waals surface area contributed by atoms with Crippen LogP contribution in [0.1, 0.15) is 16.1 Å². The van der Waals surface area contributed by atoms with E-state index in [0.717, 1.165) is 12.0 Å². The van der Waals surface area contributed by atoms with Crippen LogP contribution in [0, 0.1) is 0 Å². The second kappa shape index (κ2) is 3.59. The Morgan fingerprint density at radius 1 is 1.57 bits per heavy atom. The lowest BCUT2D eigenvalue weighted by Gasteiger charge is -1.93. The summed E-state index contributed by atoms with van der Waals surface area (Å²) < 4.78 is 1.79.